The van der Waals surface area contributed by atoms with Crippen molar-refractivity contribution in [1.29, 1.82) is 0 Å². The van der Waals surface area contributed by atoms with E-state index >= 15 is 0 Å². The summed E-state index contributed by atoms with van der Waals surface area (Å²) in [6, 6.07) is 16.8. The Morgan fingerprint density at radius 2 is 1.63 bits per heavy atom. The monoisotopic (exact) mass is 401 g/mol. The van der Waals surface area contributed by atoms with Crippen LogP contribution >= 0.6 is 0 Å². The number of aromatic nitrogens is 3. The molecule has 0 spiro atoms. The maximum atomic E-state index is 4.76. The molecule has 3 aromatic rings. The van der Waals surface area contributed by atoms with Crippen molar-refractivity contribution in [3.63, 3.8) is 0 Å². The van der Waals surface area contributed by atoms with Gasteiger partial charge in [0.25, 0.3) is 0 Å². The van der Waals surface area contributed by atoms with Gasteiger partial charge in [-0.25, -0.2) is 4.98 Å². The molecule has 0 saturated heterocycles. The van der Waals surface area contributed by atoms with E-state index < -0.39 is 0 Å². The lowest BCUT2D eigenvalue weighted by molar-refractivity contribution is 0.461. The summed E-state index contributed by atoms with van der Waals surface area (Å²) in [5, 5.41) is 7.01. The summed E-state index contributed by atoms with van der Waals surface area (Å²) in [5.74, 6) is 1.44. The summed E-state index contributed by atoms with van der Waals surface area (Å²) in [5.41, 5.74) is 4.12. The van der Waals surface area contributed by atoms with Gasteiger partial charge < -0.3 is 10.6 Å². The highest BCUT2D eigenvalue weighted by atomic mass is 15.2. The topological polar surface area (TPSA) is 62.7 Å². The highest BCUT2D eigenvalue weighted by Gasteiger charge is 2.16. The van der Waals surface area contributed by atoms with Gasteiger partial charge in [-0.15, -0.1) is 0 Å². The third kappa shape index (κ3) is 5.15. The number of benzene rings is 1. The maximum Gasteiger partial charge on any atom is 0.225 e. The molecule has 5 nitrogen and oxygen atoms in total. The zero-order valence-electron chi connectivity index (χ0n) is 18.2. The molecule has 1 fully saturated rings. The van der Waals surface area contributed by atoms with Crippen LogP contribution in [0.2, 0.25) is 0 Å². The standard InChI is InChI=1S/C25H31N5/c1-25(2,3)18-12-14-20(15-13-18)27-23-17-22(21-11-7-8-16-26-21)29-24(30-23)28-19-9-5-4-6-10-19/h7-8,11-17,19H,4-6,9-10H2,1-3H3,(H2,27,28,29,30). The van der Waals surface area contributed by atoms with Gasteiger partial charge in [-0.1, -0.05) is 58.2 Å². The Morgan fingerprint density at radius 1 is 0.867 bits per heavy atom. The molecule has 1 saturated carbocycles. The van der Waals surface area contributed by atoms with E-state index in [4.69, 9.17) is 9.97 Å². The van der Waals surface area contributed by atoms with Crippen LogP contribution in [-0.2, 0) is 5.41 Å². The largest absolute Gasteiger partial charge is 0.351 e. The van der Waals surface area contributed by atoms with Crippen molar-refractivity contribution in [1.82, 2.24) is 15.0 Å². The summed E-state index contributed by atoms with van der Waals surface area (Å²) in [7, 11) is 0. The number of hydrogen-bond donors (Lipinski definition) is 2. The van der Waals surface area contributed by atoms with E-state index in [1.54, 1.807) is 6.20 Å². The number of nitrogens with one attached hydrogen (secondary N) is 2. The molecule has 0 atom stereocenters. The van der Waals surface area contributed by atoms with E-state index in [1.807, 2.05) is 24.3 Å². The van der Waals surface area contributed by atoms with E-state index in [2.05, 4.69) is 60.7 Å². The predicted octanol–water partition coefficient (Wildman–Crippen LogP) is 6.32. The lowest BCUT2D eigenvalue weighted by atomic mass is 9.87. The first-order chi connectivity index (χ1) is 14.5. The number of rotatable bonds is 5. The number of anilines is 3. The summed E-state index contributed by atoms with van der Waals surface area (Å²) >= 11 is 0. The van der Waals surface area contributed by atoms with Crippen molar-refractivity contribution in [2.75, 3.05) is 10.6 Å². The van der Waals surface area contributed by atoms with E-state index in [0.717, 1.165) is 22.9 Å². The maximum absolute atomic E-state index is 4.76. The zero-order chi connectivity index (χ0) is 21.0. The zero-order valence-corrected chi connectivity index (χ0v) is 18.2. The van der Waals surface area contributed by atoms with Gasteiger partial charge >= 0.3 is 0 Å². The van der Waals surface area contributed by atoms with Crippen molar-refractivity contribution in [2.45, 2.75) is 64.3 Å². The second-order valence-electron chi connectivity index (χ2n) is 9.11. The Labute approximate surface area is 179 Å². The minimum atomic E-state index is 0.136. The van der Waals surface area contributed by atoms with Crippen LogP contribution in [0.5, 0.6) is 0 Å². The Hall–Kier alpha value is -2.95. The summed E-state index contributed by atoms with van der Waals surface area (Å²) in [6.07, 6.45) is 8.00. The Kier molecular flexibility index (Phi) is 5.98. The van der Waals surface area contributed by atoms with Crippen LogP contribution in [0.1, 0.15) is 58.4 Å². The second-order valence-corrected chi connectivity index (χ2v) is 9.11. The van der Waals surface area contributed by atoms with E-state index in [1.165, 1.54) is 37.7 Å². The van der Waals surface area contributed by atoms with Gasteiger partial charge in [0.1, 0.15) is 5.82 Å². The molecule has 2 N–H and O–H groups in total. The smallest absolute Gasteiger partial charge is 0.225 e. The predicted molar refractivity (Wildman–Crippen MR) is 124 cm³/mol. The number of pyridine rings is 1. The third-order valence-electron chi connectivity index (χ3n) is 5.62. The fourth-order valence-corrected chi connectivity index (χ4v) is 3.85. The molecule has 30 heavy (non-hydrogen) atoms. The van der Waals surface area contributed by atoms with Crippen LogP contribution in [-0.4, -0.2) is 21.0 Å². The molecule has 2 aromatic heterocycles. The van der Waals surface area contributed by atoms with Gasteiger partial charge in [0, 0.05) is 24.0 Å². The molecular weight excluding hydrogens is 370 g/mol. The molecule has 0 aliphatic heterocycles. The molecule has 5 heteroatoms. The quantitative estimate of drug-likeness (QED) is 0.523. The molecule has 156 valence electrons. The Morgan fingerprint density at radius 3 is 2.30 bits per heavy atom. The fraction of sp³-hybridized carbons (Fsp3) is 0.400. The van der Waals surface area contributed by atoms with Crippen molar-refractivity contribution in [2.24, 2.45) is 0 Å². The van der Waals surface area contributed by atoms with Crippen LogP contribution in [0.25, 0.3) is 11.4 Å². The molecule has 1 aliphatic carbocycles. The minimum Gasteiger partial charge on any atom is -0.351 e. The highest BCUT2D eigenvalue weighted by molar-refractivity contribution is 5.65. The lowest BCUT2D eigenvalue weighted by Crippen LogP contribution is -2.23. The molecule has 4 rings (SSSR count). The van der Waals surface area contributed by atoms with Crippen LogP contribution < -0.4 is 10.6 Å². The lowest BCUT2D eigenvalue weighted by Gasteiger charge is -2.23. The molecular formula is C25H31N5. The second kappa shape index (κ2) is 8.82. The molecule has 0 unspecified atom stereocenters. The van der Waals surface area contributed by atoms with E-state index in [9.17, 15) is 0 Å². The average Bonchev–Trinajstić information content (AvgIpc) is 2.75. The average molecular weight is 402 g/mol. The fourth-order valence-electron chi connectivity index (χ4n) is 3.85. The Bertz CT molecular complexity index is 955. The van der Waals surface area contributed by atoms with Crippen molar-refractivity contribution >= 4 is 17.5 Å². The summed E-state index contributed by atoms with van der Waals surface area (Å²) in [6.45, 7) is 6.67. The number of hydrogen-bond acceptors (Lipinski definition) is 5. The first kappa shape index (κ1) is 20.3. The first-order valence-corrected chi connectivity index (χ1v) is 10.9. The molecule has 0 radical (unpaired) electrons. The van der Waals surface area contributed by atoms with Crippen LogP contribution in [0.4, 0.5) is 17.5 Å². The van der Waals surface area contributed by atoms with Crippen molar-refractivity contribution < 1.29 is 0 Å². The van der Waals surface area contributed by atoms with E-state index in [-0.39, 0.29) is 5.41 Å². The molecule has 1 aromatic carbocycles. The van der Waals surface area contributed by atoms with Gasteiger partial charge in [0.15, 0.2) is 0 Å². The normalized spacial score (nSPS) is 15.0. The molecule has 0 amide bonds. The molecule has 2 heterocycles. The number of nitrogens with zero attached hydrogens (tertiary/aromatic N) is 3. The van der Waals surface area contributed by atoms with Gasteiger partial charge in [0.05, 0.1) is 11.4 Å². The molecule has 1 aliphatic rings. The SMILES string of the molecule is CC(C)(C)c1ccc(Nc2cc(-c3ccccn3)nc(NC3CCCCC3)n2)cc1. The molecule has 0 bridgehead atoms. The first-order valence-electron chi connectivity index (χ1n) is 10.9. The van der Waals surface area contributed by atoms with Gasteiger partial charge in [0.2, 0.25) is 5.95 Å². The third-order valence-corrected chi connectivity index (χ3v) is 5.62. The Balaban J connectivity index is 1.61. The van der Waals surface area contributed by atoms with Crippen molar-refractivity contribution in [3.8, 4) is 11.4 Å². The van der Waals surface area contributed by atoms with Crippen LogP contribution in [0, 0.1) is 0 Å². The van der Waals surface area contributed by atoms with Crippen LogP contribution in [0.15, 0.2) is 54.7 Å². The van der Waals surface area contributed by atoms with Crippen molar-refractivity contribution in [3.05, 3.63) is 60.3 Å². The van der Waals surface area contributed by atoms with E-state index in [0.29, 0.717) is 12.0 Å². The van der Waals surface area contributed by atoms with Crippen LogP contribution in [0.3, 0.4) is 0 Å². The summed E-state index contributed by atoms with van der Waals surface area (Å²) in [4.78, 5) is 14.0. The minimum absolute atomic E-state index is 0.136. The van der Waals surface area contributed by atoms with Gasteiger partial charge in [-0.2, -0.15) is 4.98 Å². The highest BCUT2D eigenvalue weighted by Crippen LogP contribution is 2.27. The van der Waals surface area contributed by atoms with Gasteiger partial charge in [-0.3, -0.25) is 4.98 Å². The van der Waals surface area contributed by atoms with Gasteiger partial charge in [-0.05, 0) is 48.1 Å². The summed E-state index contributed by atoms with van der Waals surface area (Å²) < 4.78 is 0.